The van der Waals surface area contributed by atoms with Crippen molar-refractivity contribution >= 4 is 6.03 Å². The zero-order chi connectivity index (χ0) is 16.2. The van der Waals surface area contributed by atoms with Gasteiger partial charge in [-0.15, -0.1) is 0 Å². The predicted octanol–water partition coefficient (Wildman–Crippen LogP) is 1.69. The Morgan fingerprint density at radius 1 is 1.17 bits per heavy atom. The third-order valence-electron chi connectivity index (χ3n) is 4.73. The first-order chi connectivity index (χ1) is 11.2. The van der Waals surface area contributed by atoms with Crippen LogP contribution in [0.4, 0.5) is 4.79 Å². The molecule has 126 valence electrons. The second-order valence-electron chi connectivity index (χ2n) is 6.06. The predicted molar refractivity (Wildman–Crippen MR) is 87.9 cm³/mol. The second-order valence-corrected chi connectivity index (χ2v) is 6.06. The van der Waals surface area contributed by atoms with Gasteiger partial charge in [-0.3, -0.25) is 0 Å². The molecule has 2 saturated heterocycles. The highest BCUT2D eigenvalue weighted by molar-refractivity contribution is 5.77. The van der Waals surface area contributed by atoms with Gasteiger partial charge in [0.2, 0.25) is 0 Å². The van der Waals surface area contributed by atoms with Crippen LogP contribution in [0.1, 0.15) is 18.4 Å². The molecule has 6 nitrogen and oxygen atoms in total. The largest absolute Gasteiger partial charge is 0.497 e. The van der Waals surface area contributed by atoms with Gasteiger partial charge in [-0.1, -0.05) is 0 Å². The van der Waals surface area contributed by atoms with Crippen LogP contribution in [0.3, 0.4) is 0 Å². The molecule has 0 aliphatic carbocycles. The summed E-state index contributed by atoms with van der Waals surface area (Å²) in [5.41, 5.74) is 0.979. The number of carbonyl (C=O) groups is 1. The highest BCUT2D eigenvalue weighted by Gasteiger charge is 2.34. The van der Waals surface area contributed by atoms with Crippen molar-refractivity contribution in [3.05, 3.63) is 23.8 Å². The minimum Gasteiger partial charge on any atom is -0.497 e. The van der Waals surface area contributed by atoms with E-state index in [0.29, 0.717) is 12.6 Å². The lowest BCUT2D eigenvalue weighted by molar-refractivity contribution is 0.164. The molecule has 0 unspecified atom stereocenters. The lowest BCUT2D eigenvalue weighted by Crippen LogP contribution is -2.45. The van der Waals surface area contributed by atoms with E-state index in [2.05, 4.69) is 5.32 Å². The Bertz CT molecular complexity index is 558. The van der Waals surface area contributed by atoms with Crippen molar-refractivity contribution < 1.29 is 14.3 Å². The maximum absolute atomic E-state index is 12.7. The van der Waals surface area contributed by atoms with E-state index < -0.39 is 0 Å². The van der Waals surface area contributed by atoms with Crippen LogP contribution in [0.15, 0.2) is 18.2 Å². The molecule has 3 rings (SSSR count). The van der Waals surface area contributed by atoms with Gasteiger partial charge in [0.05, 0.1) is 20.8 Å². The fourth-order valence-corrected chi connectivity index (χ4v) is 3.42. The molecule has 2 fully saturated rings. The smallest absolute Gasteiger partial charge is 0.320 e. The van der Waals surface area contributed by atoms with Gasteiger partial charge >= 0.3 is 6.03 Å². The van der Waals surface area contributed by atoms with E-state index in [1.54, 1.807) is 14.2 Å². The lowest BCUT2D eigenvalue weighted by Gasteiger charge is -2.31. The molecule has 2 aliphatic heterocycles. The molecule has 1 aromatic rings. The summed E-state index contributed by atoms with van der Waals surface area (Å²) in [6.45, 7) is 4.13. The highest BCUT2D eigenvalue weighted by Crippen LogP contribution is 2.27. The minimum absolute atomic E-state index is 0.141. The summed E-state index contributed by atoms with van der Waals surface area (Å²) >= 11 is 0. The third-order valence-corrected chi connectivity index (χ3v) is 4.73. The summed E-state index contributed by atoms with van der Waals surface area (Å²) in [6.07, 6.45) is 2.09. The standard InChI is InChI=1S/C17H25N3O3/c1-22-15-3-4-16(23-2)13(11-15)12-19-9-10-20(17(19)21)14-5-7-18-8-6-14/h3-4,11,14,18H,5-10,12H2,1-2H3. The number of piperidine rings is 1. The fraction of sp³-hybridized carbons (Fsp3) is 0.588. The number of hydrogen-bond acceptors (Lipinski definition) is 4. The number of urea groups is 1. The zero-order valence-electron chi connectivity index (χ0n) is 13.9. The van der Waals surface area contributed by atoms with Crippen molar-refractivity contribution in [2.24, 2.45) is 0 Å². The van der Waals surface area contributed by atoms with Gasteiger partial charge in [0.15, 0.2) is 0 Å². The molecule has 0 atom stereocenters. The second kappa shape index (κ2) is 7.08. The lowest BCUT2D eigenvalue weighted by atomic mass is 10.1. The van der Waals surface area contributed by atoms with Gasteiger partial charge < -0.3 is 24.6 Å². The SMILES string of the molecule is COc1ccc(OC)c(CN2CCN(C3CCNCC3)C2=O)c1. The van der Waals surface area contributed by atoms with E-state index in [9.17, 15) is 4.79 Å². The van der Waals surface area contributed by atoms with E-state index in [0.717, 1.165) is 56.1 Å². The molecular formula is C17H25N3O3. The van der Waals surface area contributed by atoms with Crippen molar-refractivity contribution in [1.29, 1.82) is 0 Å². The van der Waals surface area contributed by atoms with Crippen LogP contribution < -0.4 is 14.8 Å². The van der Waals surface area contributed by atoms with Crippen LogP contribution in [0, 0.1) is 0 Å². The molecule has 0 aromatic heterocycles. The zero-order valence-corrected chi connectivity index (χ0v) is 13.9. The quantitative estimate of drug-likeness (QED) is 0.897. The molecule has 2 amide bonds. The maximum atomic E-state index is 12.7. The maximum Gasteiger partial charge on any atom is 0.320 e. The van der Waals surface area contributed by atoms with Crippen LogP contribution in [-0.2, 0) is 6.54 Å². The molecule has 0 saturated carbocycles. The summed E-state index contributed by atoms with van der Waals surface area (Å²) in [6, 6.07) is 6.22. The number of rotatable bonds is 5. The van der Waals surface area contributed by atoms with E-state index in [1.807, 2.05) is 28.0 Å². The summed E-state index contributed by atoms with van der Waals surface area (Å²) < 4.78 is 10.7. The topological polar surface area (TPSA) is 54.0 Å². The van der Waals surface area contributed by atoms with Gasteiger partial charge in [-0.05, 0) is 44.1 Å². The molecule has 6 heteroatoms. The van der Waals surface area contributed by atoms with Crippen molar-refractivity contribution in [3.63, 3.8) is 0 Å². The molecule has 2 aliphatic rings. The normalized spacial score (nSPS) is 19.3. The Kier molecular flexibility index (Phi) is 4.91. The first-order valence-electron chi connectivity index (χ1n) is 8.20. The van der Waals surface area contributed by atoms with Crippen LogP contribution in [0.2, 0.25) is 0 Å². The van der Waals surface area contributed by atoms with E-state index >= 15 is 0 Å². The first-order valence-corrected chi connectivity index (χ1v) is 8.20. The molecule has 0 bridgehead atoms. The molecule has 2 heterocycles. The molecule has 1 N–H and O–H groups in total. The van der Waals surface area contributed by atoms with Crippen molar-refractivity contribution in [3.8, 4) is 11.5 Å². The number of ether oxygens (including phenoxy) is 2. The summed E-state index contributed by atoms with van der Waals surface area (Å²) in [5, 5.41) is 3.35. The van der Waals surface area contributed by atoms with E-state index in [4.69, 9.17) is 9.47 Å². The van der Waals surface area contributed by atoms with Crippen LogP contribution >= 0.6 is 0 Å². The average Bonchev–Trinajstić information content (AvgIpc) is 2.96. The third kappa shape index (κ3) is 3.37. The summed E-state index contributed by atoms with van der Waals surface area (Å²) in [7, 11) is 3.30. The number of benzene rings is 1. The molecular weight excluding hydrogens is 294 g/mol. The minimum atomic E-state index is 0.141. The van der Waals surface area contributed by atoms with Crippen molar-refractivity contribution in [2.45, 2.75) is 25.4 Å². The summed E-state index contributed by atoms with van der Waals surface area (Å²) in [5.74, 6) is 1.57. The van der Waals surface area contributed by atoms with E-state index in [-0.39, 0.29) is 6.03 Å². The number of amides is 2. The van der Waals surface area contributed by atoms with Gasteiger partial charge in [0.25, 0.3) is 0 Å². The summed E-state index contributed by atoms with van der Waals surface area (Å²) in [4.78, 5) is 16.7. The van der Waals surface area contributed by atoms with E-state index in [1.165, 1.54) is 0 Å². The first kappa shape index (κ1) is 15.9. The Morgan fingerprint density at radius 3 is 2.65 bits per heavy atom. The molecule has 1 aromatic carbocycles. The Labute approximate surface area is 137 Å². The van der Waals surface area contributed by atoms with Crippen molar-refractivity contribution in [1.82, 2.24) is 15.1 Å². The number of methoxy groups -OCH3 is 2. The number of nitrogens with zero attached hydrogens (tertiary/aromatic N) is 2. The fourth-order valence-electron chi connectivity index (χ4n) is 3.42. The Hall–Kier alpha value is -1.95. The number of nitrogens with one attached hydrogen (secondary N) is 1. The monoisotopic (exact) mass is 319 g/mol. The molecule has 0 radical (unpaired) electrons. The molecule has 23 heavy (non-hydrogen) atoms. The van der Waals surface area contributed by atoms with Gasteiger partial charge in [-0.25, -0.2) is 4.79 Å². The molecule has 0 spiro atoms. The van der Waals surface area contributed by atoms with Gasteiger partial charge in [0.1, 0.15) is 11.5 Å². The van der Waals surface area contributed by atoms with Gasteiger partial charge in [0, 0.05) is 24.7 Å². The Morgan fingerprint density at radius 2 is 1.96 bits per heavy atom. The highest BCUT2D eigenvalue weighted by atomic mass is 16.5. The van der Waals surface area contributed by atoms with Crippen LogP contribution in [0.25, 0.3) is 0 Å². The number of hydrogen-bond donors (Lipinski definition) is 1. The number of carbonyl (C=O) groups excluding carboxylic acids is 1. The van der Waals surface area contributed by atoms with Crippen molar-refractivity contribution in [2.75, 3.05) is 40.4 Å². The van der Waals surface area contributed by atoms with Crippen LogP contribution in [0.5, 0.6) is 11.5 Å². The van der Waals surface area contributed by atoms with Crippen LogP contribution in [-0.4, -0.2) is 62.3 Å². The average molecular weight is 319 g/mol. The van der Waals surface area contributed by atoms with Gasteiger partial charge in [-0.2, -0.15) is 0 Å². The Balaban J connectivity index is 1.70.